The number of methoxy groups -OCH3 is 2. The highest BCUT2D eigenvalue weighted by atomic mass is 31.1. The van der Waals surface area contributed by atoms with Crippen LogP contribution in [0.2, 0.25) is 0 Å². The van der Waals surface area contributed by atoms with Crippen LogP contribution in [0.15, 0.2) is 48.1 Å². The van der Waals surface area contributed by atoms with E-state index in [1.165, 1.54) is 32.9 Å². The van der Waals surface area contributed by atoms with Gasteiger partial charge in [-0.1, -0.05) is 80.2 Å². The molecule has 1 aliphatic rings. The summed E-state index contributed by atoms with van der Waals surface area (Å²) in [5, 5.41) is 3.37. The summed E-state index contributed by atoms with van der Waals surface area (Å²) in [6, 6.07) is 9.49. The Morgan fingerprint density at radius 2 is 1.08 bits per heavy atom. The van der Waals surface area contributed by atoms with Crippen LogP contribution in [0.1, 0.15) is 70.7 Å². The minimum atomic E-state index is -0.676. The molecule has 0 heterocycles. The van der Waals surface area contributed by atoms with Crippen molar-refractivity contribution in [1.82, 2.24) is 0 Å². The standard InChI is InChI=1S/C33H48O2P2/c1-21-17-26(18-22(2)30(21)34-12)36(27-19-23(3)31(35-13)24(4)20-27)29-16-14-15-28(29)25(5)37(32(6,7)8)33(9,10)11/h14-20,25,29H,1-13H3/t25-,29?/m1/s1. The molecular formula is C33H48O2P2. The molecule has 0 saturated carbocycles. The van der Waals surface area contributed by atoms with E-state index in [0.29, 0.717) is 11.3 Å². The van der Waals surface area contributed by atoms with Gasteiger partial charge in [0.15, 0.2) is 0 Å². The minimum absolute atomic E-state index is 0.268. The summed E-state index contributed by atoms with van der Waals surface area (Å²) in [5.41, 5.74) is 7.33. The highest BCUT2D eigenvalue weighted by Gasteiger charge is 2.42. The molecule has 0 N–H and O–H groups in total. The number of ether oxygens (including phenoxy) is 2. The van der Waals surface area contributed by atoms with E-state index in [1.807, 2.05) is 0 Å². The third-order valence-electron chi connectivity index (χ3n) is 7.37. The third-order valence-corrected chi connectivity index (χ3v) is 14.0. The predicted molar refractivity (Wildman–Crippen MR) is 168 cm³/mol. The van der Waals surface area contributed by atoms with Crippen LogP contribution < -0.4 is 20.1 Å². The van der Waals surface area contributed by atoms with Crippen molar-refractivity contribution in [2.24, 2.45) is 0 Å². The van der Waals surface area contributed by atoms with Crippen LogP contribution in [0.3, 0.4) is 0 Å². The fraction of sp³-hybridized carbons (Fsp3) is 0.515. The van der Waals surface area contributed by atoms with E-state index in [1.54, 1.807) is 19.8 Å². The number of rotatable bonds is 7. The minimum Gasteiger partial charge on any atom is -0.496 e. The Labute approximate surface area is 229 Å². The molecule has 2 nitrogen and oxygen atoms in total. The molecule has 4 heteroatoms. The molecule has 2 aromatic rings. The number of hydrogen-bond donors (Lipinski definition) is 0. The topological polar surface area (TPSA) is 18.5 Å². The van der Waals surface area contributed by atoms with Gasteiger partial charge in [0.2, 0.25) is 0 Å². The second kappa shape index (κ2) is 11.2. The quantitative estimate of drug-likeness (QED) is 0.328. The van der Waals surface area contributed by atoms with Crippen LogP contribution >= 0.6 is 15.8 Å². The fourth-order valence-corrected chi connectivity index (χ4v) is 14.8. The lowest BCUT2D eigenvalue weighted by atomic mass is 10.1. The number of benzene rings is 2. The predicted octanol–water partition coefficient (Wildman–Crippen LogP) is 8.70. The summed E-state index contributed by atoms with van der Waals surface area (Å²) < 4.78 is 11.5. The van der Waals surface area contributed by atoms with E-state index in [-0.39, 0.29) is 18.2 Å². The molecule has 0 aliphatic heterocycles. The Morgan fingerprint density at radius 3 is 1.41 bits per heavy atom. The zero-order valence-electron chi connectivity index (χ0n) is 25.4. The molecule has 2 atom stereocenters. The Bertz CT molecular complexity index is 1070. The van der Waals surface area contributed by atoms with E-state index in [4.69, 9.17) is 9.47 Å². The summed E-state index contributed by atoms with van der Waals surface area (Å²) in [4.78, 5) is 0. The Hall–Kier alpha value is -1.62. The van der Waals surface area contributed by atoms with Gasteiger partial charge in [-0.05, 0) is 109 Å². The van der Waals surface area contributed by atoms with Gasteiger partial charge in [-0.3, -0.25) is 0 Å². The van der Waals surface area contributed by atoms with E-state index >= 15 is 0 Å². The molecule has 3 rings (SSSR count). The molecule has 0 amide bonds. The van der Waals surface area contributed by atoms with Crippen LogP contribution in [0, 0.1) is 27.7 Å². The first kappa shape index (κ1) is 29.9. The van der Waals surface area contributed by atoms with Crippen LogP contribution in [-0.2, 0) is 0 Å². The van der Waals surface area contributed by atoms with Crippen molar-refractivity contribution in [1.29, 1.82) is 0 Å². The molecule has 0 aromatic heterocycles. The maximum Gasteiger partial charge on any atom is 0.124 e. The van der Waals surface area contributed by atoms with Gasteiger partial charge in [0.25, 0.3) is 0 Å². The molecule has 0 bridgehead atoms. The molecule has 0 radical (unpaired) electrons. The van der Waals surface area contributed by atoms with Crippen molar-refractivity contribution >= 4 is 26.5 Å². The second-order valence-electron chi connectivity index (χ2n) is 12.5. The van der Waals surface area contributed by atoms with Gasteiger partial charge in [0.05, 0.1) is 14.2 Å². The largest absolute Gasteiger partial charge is 0.496 e. The Balaban J connectivity index is 2.22. The van der Waals surface area contributed by atoms with Gasteiger partial charge in [-0.25, -0.2) is 0 Å². The van der Waals surface area contributed by atoms with Crippen molar-refractivity contribution < 1.29 is 9.47 Å². The maximum atomic E-state index is 5.74. The lowest BCUT2D eigenvalue weighted by molar-refractivity contribution is 0.408. The maximum absolute atomic E-state index is 5.74. The van der Waals surface area contributed by atoms with Crippen molar-refractivity contribution in [3.8, 4) is 11.5 Å². The first-order valence-corrected chi connectivity index (χ1v) is 16.2. The summed E-state index contributed by atoms with van der Waals surface area (Å²) in [6.07, 6.45) is 7.22. The lowest BCUT2D eigenvalue weighted by Gasteiger charge is -2.47. The summed E-state index contributed by atoms with van der Waals surface area (Å²) in [6.45, 7) is 25.8. The highest BCUT2D eigenvalue weighted by molar-refractivity contribution is 7.74. The molecule has 37 heavy (non-hydrogen) atoms. The van der Waals surface area contributed by atoms with Gasteiger partial charge >= 0.3 is 0 Å². The summed E-state index contributed by atoms with van der Waals surface area (Å²) >= 11 is 0. The average Bonchev–Trinajstić information content (AvgIpc) is 3.21. The van der Waals surface area contributed by atoms with Crippen LogP contribution in [-0.4, -0.2) is 35.8 Å². The van der Waals surface area contributed by atoms with Crippen molar-refractivity contribution in [2.45, 2.75) is 97.8 Å². The van der Waals surface area contributed by atoms with Gasteiger partial charge < -0.3 is 9.47 Å². The first-order chi connectivity index (χ1) is 17.1. The van der Waals surface area contributed by atoms with Crippen molar-refractivity contribution in [2.75, 3.05) is 14.2 Å². The number of aryl methyl sites for hydroxylation is 4. The molecule has 202 valence electrons. The average molecular weight is 539 g/mol. The second-order valence-corrected chi connectivity index (χ2v) is 19.0. The van der Waals surface area contributed by atoms with Crippen molar-refractivity contribution in [3.63, 3.8) is 0 Å². The highest BCUT2D eigenvalue weighted by Crippen LogP contribution is 2.65. The molecular weight excluding hydrogens is 490 g/mol. The smallest absolute Gasteiger partial charge is 0.124 e. The first-order valence-electron chi connectivity index (χ1n) is 13.4. The lowest BCUT2D eigenvalue weighted by Crippen LogP contribution is -2.33. The van der Waals surface area contributed by atoms with Crippen LogP contribution in [0.4, 0.5) is 0 Å². The van der Waals surface area contributed by atoms with Crippen LogP contribution in [0.25, 0.3) is 0 Å². The van der Waals surface area contributed by atoms with Gasteiger partial charge in [0.1, 0.15) is 11.5 Å². The molecule has 1 unspecified atom stereocenters. The molecule has 1 aliphatic carbocycles. The zero-order valence-corrected chi connectivity index (χ0v) is 27.2. The van der Waals surface area contributed by atoms with Crippen LogP contribution in [0.5, 0.6) is 11.5 Å². The Kier molecular flexibility index (Phi) is 9.09. The SMILES string of the molecule is COc1c(C)cc(P(c2cc(C)c(OC)c(C)c2)C2C=CC=C2[C@@H](C)P(C(C)(C)C)C(C)(C)C)cc1C. The number of allylic oxidation sites excluding steroid dienone is 4. The van der Waals surface area contributed by atoms with E-state index in [0.717, 1.165) is 11.5 Å². The molecule has 0 spiro atoms. The van der Waals surface area contributed by atoms with E-state index in [2.05, 4.69) is 119 Å². The zero-order chi connectivity index (χ0) is 27.9. The monoisotopic (exact) mass is 538 g/mol. The summed E-state index contributed by atoms with van der Waals surface area (Å²) in [7, 11) is 2.59. The molecule has 0 saturated heterocycles. The van der Waals surface area contributed by atoms with Gasteiger partial charge in [-0.15, -0.1) is 0 Å². The van der Waals surface area contributed by atoms with Gasteiger partial charge in [-0.2, -0.15) is 0 Å². The van der Waals surface area contributed by atoms with E-state index < -0.39 is 7.92 Å². The Morgan fingerprint density at radius 1 is 0.703 bits per heavy atom. The number of hydrogen-bond acceptors (Lipinski definition) is 2. The van der Waals surface area contributed by atoms with Crippen molar-refractivity contribution in [3.05, 3.63) is 70.3 Å². The molecule has 2 aromatic carbocycles. The summed E-state index contributed by atoms with van der Waals surface area (Å²) in [5.74, 6) is 1.99. The van der Waals surface area contributed by atoms with E-state index in [9.17, 15) is 0 Å². The third kappa shape index (κ3) is 6.18. The molecule has 0 fully saturated rings. The van der Waals surface area contributed by atoms with Gasteiger partial charge in [0, 0.05) is 5.66 Å². The normalized spacial score (nSPS) is 16.9. The fourth-order valence-electron chi connectivity index (χ4n) is 6.67.